The van der Waals surface area contributed by atoms with E-state index >= 15 is 0 Å². The molecule has 1 saturated carbocycles. The van der Waals surface area contributed by atoms with Crippen molar-refractivity contribution < 1.29 is 0 Å². The van der Waals surface area contributed by atoms with E-state index in [1.54, 1.807) is 18.0 Å². The van der Waals surface area contributed by atoms with Crippen LogP contribution in [0.2, 0.25) is 0 Å². The van der Waals surface area contributed by atoms with Crippen molar-refractivity contribution in [3.05, 3.63) is 31.4 Å². The second-order valence-corrected chi connectivity index (χ2v) is 5.26. The number of imidazole rings is 1. The van der Waals surface area contributed by atoms with Gasteiger partial charge < -0.3 is 0 Å². The van der Waals surface area contributed by atoms with Gasteiger partial charge in [-0.05, 0) is 12.8 Å². The molecule has 1 fully saturated rings. The monoisotopic (exact) mass is 249 g/mol. The van der Waals surface area contributed by atoms with E-state index in [9.17, 15) is 0 Å². The molecule has 92 valence electrons. The van der Waals surface area contributed by atoms with Crippen LogP contribution >= 0.6 is 11.8 Å². The van der Waals surface area contributed by atoms with Crippen LogP contribution in [0.4, 0.5) is 0 Å². The molecule has 4 heteroatoms. The Labute approximate surface area is 107 Å². The summed E-state index contributed by atoms with van der Waals surface area (Å²) in [5, 5.41) is 1.05. The van der Waals surface area contributed by atoms with Crippen LogP contribution in [0.1, 0.15) is 32.1 Å². The SMILES string of the molecule is C=CCSC(=NC1CCCCC1)n1ccnc1. The largest absolute Gasteiger partial charge is 0.285 e. The van der Waals surface area contributed by atoms with Crippen LogP contribution in [0, 0.1) is 0 Å². The van der Waals surface area contributed by atoms with Gasteiger partial charge in [-0.2, -0.15) is 0 Å². The molecule has 1 heterocycles. The minimum atomic E-state index is 0.499. The van der Waals surface area contributed by atoms with Crippen molar-refractivity contribution >= 4 is 16.9 Å². The zero-order valence-electron chi connectivity index (χ0n) is 10.1. The molecule has 17 heavy (non-hydrogen) atoms. The maximum Gasteiger partial charge on any atom is 0.169 e. The van der Waals surface area contributed by atoms with Crippen LogP contribution in [0.25, 0.3) is 0 Å². The van der Waals surface area contributed by atoms with Gasteiger partial charge in [-0.25, -0.2) is 4.98 Å². The Bertz CT molecular complexity index is 364. The van der Waals surface area contributed by atoms with Crippen LogP contribution in [0.5, 0.6) is 0 Å². The first-order chi connectivity index (χ1) is 8.40. The first-order valence-corrected chi connectivity index (χ1v) is 7.18. The zero-order chi connectivity index (χ0) is 11.9. The molecule has 1 aliphatic carbocycles. The van der Waals surface area contributed by atoms with Gasteiger partial charge in [-0.1, -0.05) is 37.1 Å². The molecule has 0 atom stereocenters. The van der Waals surface area contributed by atoms with E-state index in [4.69, 9.17) is 4.99 Å². The molecular weight excluding hydrogens is 230 g/mol. The number of thioether (sulfide) groups is 1. The summed E-state index contributed by atoms with van der Waals surface area (Å²) >= 11 is 1.73. The van der Waals surface area contributed by atoms with Crippen molar-refractivity contribution in [1.82, 2.24) is 9.55 Å². The third-order valence-electron chi connectivity index (χ3n) is 2.92. The maximum absolute atomic E-state index is 4.87. The fraction of sp³-hybridized carbons (Fsp3) is 0.538. The van der Waals surface area contributed by atoms with Crippen LogP contribution in [-0.2, 0) is 0 Å². The first-order valence-electron chi connectivity index (χ1n) is 6.20. The molecule has 0 radical (unpaired) electrons. The standard InChI is InChI=1S/C13H19N3S/c1-2-10-17-13(16-9-8-14-11-16)15-12-6-4-3-5-7-12/h2,8-9,11-12H,1,3-7,10H2. The van der Waals surface area contributed by atoms with Crippen molar-refractivity contribution in [2.24, 2.45) is 4.99 Å². The second kappa shape index (κ2) is 6.64. The lowest BCUT2D eigenvalue weighted by atomic mass is 9.96. The predicted molar refractivity (Wildman–Crippen MR) is 74.6 cm³/mol. The molecular formula is C13H19N3S. The summed E-state index contributed by atoms with van der Waals surface area (Å²) in [6, 6.07) is 0.499. The van der Waals surface area contributed by atoms with Gasteiger partial charge in [0.1, 0.15) is 6.33 Å². The maximum atomic E-state index is 4.87. The molecule has 2 rings (SSSR count). The molecule has 0 bridgehead atoms. The molecule has 3 nitrogen and oxygen atoms in total. The number of nitrogens with zero attached hydrogens (tertiary/aromatic N) is 3. The van der Waals surface area contributed by atoms with E-state index in [-0.39, 0.29) is 0 Å². The first kappa shape index (κ1) is 12.4. The molecule has 0 unspecified atom stereocenters. The minimum Gasteiger partial charge on any atom is -0.285 e. The van der Waals surface area contributed by atoms with Crippen molar-refractivity contribution in [3.8, 4) is 0 Å². The quantitative estimate of drug-likeness (QED) is 0.467. The van der Waals surface area contributed by atoms with Gasteiger partial charge in [-0.3, -0.25) is 9.56 Å². The highest BCUT2D eigenvalue weighted by molar-refractivity contribution is 8.14. The summed E-state index contributed by atoms with van der Waals surface area (Å²) < 4.78 is 2.00. The molecule has 0 spiro atoms. The van der Waals surface area contributed by atoms with Crippen molar-refractivity contribution in [3.63, 3.8) is 0 Å². The molecule has 1 aromatic heterocycles. The van der Waals surface area contributed by atoms with Crippen LogP contribution in [-0.4, -0.2) is 26.5 Å². The van der Waals surface area contributed by atoms with Gasteiger partial charge in [0.25, 0.3) is 0 Å². The summed E-state index contributed by atoms with van der Waals surface area (Å²) in [6.45, 7) is 3.76. The number of hydrogen-bond donors (Lipinski definition) is 0. The lowest BCUT2D eigenvalue weighted by molar-refractivity contribution is 0.443. The van der Waals surface area contributed by atoms with Crippen LogP contribution in [0.3, 0.4) is 0 Å². The number of hydrogen-bond acceptors (Lipinski definition) is 3. The Morgan fingerprint density at radius 3 is 2.94 bits per heavy atom. The third kappa shape index (κ3) is 3.73. The highest BCUT2D eigenvalue weighted by Crippen LogP contribution is 2.22. The fourth-order valence-electron chi connectivity index (χ4n) is 2.05. The van der Waals surface area contributed by atoms with E-state index in [1.165, 1.54) is 32.1 Å². The van der Waals surface area contributed by atoms with E-state index in [0.29, 0.717) is 6.04 Å². The fourth-order valence-corrected chi connectivity index (χ4v) is 2.80. The molecule has 1 aliphatic rings. The highest BCUT2D eigenvalue weighted by atomic mass is 32.2. The zero-order valence-corrected chi connectivity index (χ0v) is 10.9. The summed E-state index contributed by atoms with van der Waals surface area (Å²) in [5.41, 5.74) is 0. The van der Waals surface area contributed by atoms with Crippen LogP contribution in [0.15, 0.2) is 36.4 Å². The van der Waals surface area contributed by atoms with Crippen molar-refractivity contribution in [2.45, 2.75) is 38.1 Å². The van der Waals surface area contributed by atoms with E-state index in [1.807, 2.05) is 23.2 Å². The smallest absolute Gasteiger partial charge is 0.169 e. The molecule has 1 aromatic rings. The second-order valence-electron chi connectivity index (χ2n) is 4.27. The van der Waals surface area contributed by atoms with Crippen LogP contribution < -0.4 is 0 Å². The Kier molecular flexibility index (Phi) is 4.86. The lowest BCUT2D eigenvalue weighted by Gasteiger charge is -2.19. The Hall–Kier alpha value is -1.03. The Morgan fingerprint density at radius 2 is 2.29 bits per heavy atom. The molecule has 0 aromatic carbocycles. The van der Waals surface area contributed by atoms with Crippen molar-refractivity contribution in [2.75, 3.05) is 5.75 Å². The molecule has 0 N–H and O–H groups in total. The average Bonchev–Trinajstić information content (AvgIpc) is 2.89. The van der Waals surface area contributed by atoms with Gasteiger partial charge in [0.2, 0.25) is 0 Å². The molecule has 0 saturated heterocycles. The van der Waals surface area contributed by atoms with Gasteiger partial charge in [-0.15, -0.1) is 6.58 Å². The third-order valence-corrected chi connectivity index (χ3v) is 3.90. The van der Waals surface area contributed by atoms with Gasteiger partial charge in [0.05, 0.1) is 6.04 Å². The predicted octanol–water partition coefficient (Wildman–Crippen LogP) is 3.34. The summed E-state index contributed by atoms with van der Waals surface area (Å²) in [4.78, 5) is 8.96. The summed E-state index contributed by atoms with van der Waals surface area (Å²) in [6.07, 6.45) is 13.9. The van der Waals surface area contributed by atoms with Gasteiger partial charge in [0.15, 0.2) is 5.17 Å². The van der Waals surface area contributed by atoms with E-state index in [2.05, 4.69) is 11.6 Å². The number of rotatable bonds is 3. The average molecular weight is 249 g/mol. The Morgan fingerprint density at radius 1 is 1.47 bits per heavy atom. The summed E-state index contributed by atoms with van der Waals surface area (Å²) in [5.74, 6) is 0.893. The van der Waals surface area contributed by atoms with E-state index < -0.39 is 0 Å². The normalized spacial score (nSPS) is 18.2. The molecule has 0 amide bonds. The Balaban J connectivity index is 2.08. The van der Waals surface area contributed by atoms with Crippen molar-refractivity contribution in [1.29, 1.82) is 0 Å². The molecule has 0 aliphatic heterocycles. The summed E-state index contributed by atoms with van der Waals surface area (Å²) in [7, 11) is 0. The topological polar surface area (TPSA) is 30.2 Å². The minimum absolute atomic E-state index is 0.499. The lowest BCUT2D eigenvalue weighted by Crippen LogP contribution is -2.15. The highest BCUT2D eigenvalue weighted by Gasteiger charge is 2.13. The number of aliphatic imine (C=N–C) groups is 1. The van der Waals surface area contributed by atoms with Gasteiger partial charge >= 0.3 is 0 Å². The van der Waals surface area contributed by atoms with E-state index in [0.717, 1.165) is 10.9 Å². The van der Waals surface area contributed by atoms with Gasteiger partial charge in [0, 0.05) is 18.1 Å². The number of aromatic nitrogens is 2.